The fourth-order valence-electron chi connectivity index (χ4n) is 3.37. The zero-order valence-electron chi connectivity index (χ0n) is 15.4. The number of amides is 1. The van der Waals surface area contributed by atoms with Gasteiger partial charge >= 0.3 is 6.09 Å². The van der Waals surface area contributed by atoms with Crippen molar-refractivity contribution in [2.45, 2.75) is 32.9 Å². The third kappa shape index (κ3) is 3.99. The summed E-state index contributed by atoms with van der Waals surface area (Å²) in [7, 11) is 3.28. The Hall–Kier alpha value is -1.99. The fraction of sp³-hybridized carbons (Fsp3) is 0.611. The van der Waals surface area contributed by atoms with Crippen molar-refractivity contribution in [2.24, 2.45) is 0 Å². The lowest BCUT2D eigenvalue weighted by Gasteiger charge is -2.36. The molecule has 1 aliphatic rings. The molecule has 0 fully saturated rings. The Morgan fingerprint density at radius 1 is 1.40 bits per heavy atom. The van der Waals surface area contributed by atoms with Gasteiger partial charge in [0.05, 0.1) is 33.5 Å². The van der Waals surface area contributed by atoms with Crippen molar-refractivity contribution in [3.63, 3.8) is 0 Å². The number of benzene rings is 1. The summed E-state index contributed by atoms with van der Waals surface area (Å²) < 4.78 is 16.4. The monoisotopic (exact) mass is 352 g/mol. The Morgan fingerprint density at radius 2 is 2.16 bits per heavy atom. The number of methoxy groups -OCH3 is 2. The van der Waals surface area contributed by atoms with Gasteiger partial charge in [-0.3, -0.25) is 0 Å². The molecule has 0 bridgehead atoms. The summed E-state index contributed by atoms with van der Waals surface area (Å²) in [6, 6.07) is 1.78. The molecule has 1 unspecified atom stereocenters. The molecular formula is C18H28N2O5. The Balaban J connectivity index is 2.42. The summed E-state index contributed by atoms with van der Waals surface area (Å²) in [6.07, 6.45) is 0.363. The molecule has 7 heteroatoms. The van der Waals surface area contributed by atoms with E-state index in [-0.39, 0.29) is 18.7 Å². The molecule has 0 radical (unpaired) electrons. The number of nitrogens with one attached hydrogen (secondary N) is 1. The minimum atomic E-state index is -0.310. The van der Waals surface area contributed by atoms with Gasteiger partial charge in [0.15, 0.2) is 0 Å². The zero-order valence-corrected chi connectivity index (χ0v) is 15.4. The minimum Gasteiger partial charge on any atom is -0.496 e. The van der Waals surface area contributed by atoms with Crippen LogP contribution in [0, 0.1) is 0 Å². The molecule has 0 saturated carbocycles. The number of hydrogen-bond donors (Lipinski definition) is 2. The molecule has 25 heavy (non-hydrogen) atoms. The first-order chi connectivity index (χ1) is 12.1. The average Bonchev–Trinajstić information content (AvgIpc) is 2.61. The highest BCUT2D eigenvalue weighted by molar-refractivity contribution is 5.70. The topological polar surface area (TPSA) is 80.3 Å². The zero-order chi connectivity index (χ0) is 18.4. The number of rotatable bonds is 7. The molecule has 1 aliphatic heterocycles. The number of carbonyl (C=O) groups excluding carboxylic acids is 1. The Kier molecular flexibility index (Phi) is 6.90. The number of fused-ring (bicyclic) bond motifs is 1. The quantitative estimate of drug-likeness (QED) is 0.729. The van der Waals surface area contributed by atoms with E-state index in [0.29, 0.717) is 32.7 Å². The van der Waals surface area contributed by atoms with E-state index in [4.69, 9.17) is 19.3 Å². The van der Waals surface area contributed by atoms with Crippen molar-refractivity contribution < 1.29 is 24.1 Å². The highest BCUT2D eigenvalue weighted by Gasteiger charge is 2.34. The molecule has 1 heterocycles. The molecule has 1 atom stereocenters. The van der Waals surface area contributed by atoms with Crippen LogP contribution in [0.3, 0.4) is 0 Å². The number of aliphatic hydroxyl groups excluding tert-OH is 1. The van der Waals surface area contributed by atoms with Gasteiger partial charge in [-0.25, -0.2) is 4.79 Å². The van der Waals surface area contributed by atoms with E-state index in [2.05, 4.69) is 5.32 Å². The summed E-state index contributed by atoms with van der Waals surface area (Å²) in [4.78, 5) is 13.9. The van der Waals surface area contributed by atoms with Crippen LogP contribution in [0.1, 0.15) is 36.6 Å². The van der Waals surface area contributed by atoms with Gasteiger partial charge < -0.3 is 29.5 Å². The summed E-state index contributed by atoms with van der Waals surface area (Å²) in [5.41, 5.74) is 3.00. The molecule has 1 amide bonds. The Bertz CT molecular complexity index is 606. The van der Waals surface area contributed by atoms with Crippen molar-refractivity contribution in [1.82, 2.24) is 10.2 Å². The molecule has 1 aromatic rings. The van der Waals surface area contributed by atoms with E-state index in [0.717, 1.165) is 28.2 Å². The lowest BCUT2D eigenvalue weighted by atomic mass is 9.89. The van der Waals surface area contributed by atoms with Gasteiger partial charge in [0.2, 0.25) is 0 Å². The van der Waals surface area contributed by atoms with Gasteiger partial charge in [-0.2, -0.15) is 0 Å². The van der Waals surface area contributed by atoms with Crippen LogP contribution in [0.5, 0.6) is 11.5 Å². The molecule has 0 aromatic heterocycles. The van der Waals surface area contributed by atoms with E-state index >= 15 is 0 Å². The summed E-state index contributed by atoms with van der Waals surface area (Å²) in [5, 5.41) is 12.1. The van der Waals surface area contributed by atoms with Gasteiger partial charge in [-0.1, -0.05) is 0 Å². The normalized spacial score (nSPS) is 16.4. The highest BCUT2D eigenvalue weighted by Crippen LogP contribution is 2.43. The lowest BCUT2D eigenvalue weighted by molar-refractivity contribution is 0.0892. The lowest BCUT2D eigenvalue weighted by Crippen LogP contribution is -2.39. The molecule has 2 rings (SSSR count). The maximum atomic E-state index is 12.2. The largest absolute Gasteiger partial charge is 0.496 e. The van der Waals surface area contributed by atoms with Gasteiger partial charge in [0.25, 0.3) is 0 Å². The van der Waals surface area contributed by atoms with Gasteiger partial charge in [0.1, 0.15) is 11.5 Å². The van der Waals surface area contributed by atoms with Crippen LogP contribution in [-0.2, 0) is 17.7 Å². The Labute approximate surface area is 148 Å². The van der Waals surface area contributed by atoms with Crippen molar-refractivity contribution in [3.8, 4) is 11.5 Å². The van der Waals surface area contributed by atoms with E-state index in [9.17, 15) is 4.79 Å². The smallest absolute Gasteiger partial charge is 0.410 e. The predicted octanol–water partition coefficient (Wildman–Crippen LogP) is 1.86. The van der Waals surface area contributed by atoms with Crippen LogP contribution in [0.15, 0.2) is 6.07 Å². The molecule has 0 aliphatic carbocycles. The predicted molar refractivity (Wildman–Crippen MR) is 94.2 cm³/mol. The standard InChI is InChI=1S/C18H28N2O5/c1-5-25-18(22)20-8-6-14-16(12(20)2)15(23-3)10-13(17(14)24-4)11-19-7-9-21/h10,12,19,21H,5-9,11H2,1-4H3. The molecule has 0 saturated heterocycles. The van der Waals surface area contributed by atoms with Gasteiger partial charge in [-0.15, -0.1) is 0 Å². The molecule has 2 N–H and O–H groups in total. The van der Waals surface area contributed by atoms with E-state index < -0.39 is 0 Å². The van der Waals surface area contributed by atoms with Crippen molar-refractivity contribution in [1.29, 1.82) is 0 Å². The van der Waals surface area contributed by atoms with Crippen LogP contribution < -0.4 is 14.8 Å². The fourth-order valence-corrected chi connectivity index (χ4v) is 3.37. The SMILES string of the molecule is CCOC(=O)N1CCc2c(OC)c(CNCCO)cc(OC)c2C1C. The molecule has 0 spiro atoms. The second kappa shape index (κ2) is 8.92. The summed E-state index contributed by atoms with van der Waals surface area (Å²) in [6.45, 7) is 5.86. The number of ether oxygens (including phenoxy) is 3. The first kappa shape index (κ1) is 19.3. The van der Waals surface area contributed by atoms with Crippen LogP contribution in [-0.4, -0.2) is 56.6 Å². The number of aliphatic hydroxyl groups is 1. The van der Waals surface area contributed by atoms with E-state index in [1.165, 1.54) is 0 Å². The third-order valence-electron chi connectivity index (χ3n) is 4.48. The summed E-state index contributed by atoms with van der Waals surface area (Å²) in [5.74, 6) is 1.55. The second-order valence-electron chi connectivity index (χ2n) is 5.88. The first-order valence-electron chi connectivity index (χ1n) is 8.60. The van der Waals surface area contributed by atoms with Crippen molar-refractivity contribution in [2.75, 3.05) is 40.5 Å². The molecule has 140 valence electrons. The number of carbonyl (C=O) groups is 1. The summed E-state index contributed by atoms with van der Waals surface area (Å²) >= 11 is 0. The van der Waals surface area contributed by atoms with Crippen LogP contribution >= 0.6 is 0 Å². The molecule has 1 aromatic carbocycles. The average molecular weight is 352 g/mol. The maximum Gasteiger partial charge on any atom is 0.410 e. The first-order valence-corrected chi connectivity index (χ1v) is 8.60. The van der Waals surface area contributed by atoms with Gasteiger partial charge in [0, 0.05) is 36.3 Å². The van der Waals surface area contributed by atoms with E-state index in [1.54, 1.807) is 26.0 Å². The van der Waals surface area contributed by atoms with Crippen molar-refractivity contribution >= 4 is 6.09 Å². The maximum absolute atomic E-state index is 12.2. The van der Waals surface area contributed by atoms with Crippen LogP contribution in [0.2, 0.25) is 0 Å². The van der Waals surface area contributed by atoms with Crippen LogP contribution in [0.25, 0.3) is 0 Å². The highest BCUT2D eigenvalue weighted by atomic mass is 16.6. The van der Waals surface area contributed by atoms with Crippen molar-refractivity contribution in [3.05, 3.63) is 22.8 Å². The Morgan fingerprint density at radius 3 is 2.76 bits per heavy atom. The van der Waals surface area contributed by atoms with E-state index in [1.807, 2.05) is 13.0 Å². The van der Waals surface area contributed by atoms with Crippen LogP contribution in [0.4, 0.5) is 4.79 Å². The third-order valence-corrected chi connectivity index (χ3v) is 4.48. The minimum absolute atomic E-state index is 0.0793. The number of hydrogen-bond acceptors (Lipinski definition) is 6. The second-order valence-corrected chi connectivity index (χ2v) is 5.88. The number of nitrogens with zero attached hydrogens (tertiary/aromatic N) is 1. The molecular weight excluding hydrogens is 324 g/mol. The molecule has 7 nitrogen and oxygen atoms in total. The van der Waals surface area contributed by atoms with Gasteiger partial charge in [-0.05, 0) is 26.3 Å².